The minimum absolute atomic E-state index is 0.1000. The van der Waals surface area contributed by atoms with E-state index in [4.69, 9.17) is 4.74 Å². The second-order valence-electron chi connectivity index (χ2n) is 5.28. The molecule has 98 valence electrons. The summed E-state index contributed by atoms with van der Waals surface area (Å²) < 4.78 is 5.62. The number of esters is 1. The number of carbonyl (C=O) groups is 1. The second kappa shape index (κ2) is 6.23. The lowest BCUT2D eigenvalue weighted by Gasteiger charge is -2.28. The zero-order chi connectivity index (χ0) is 12.9. The Hall–Kier alpha value is -0.790. The highest BCUT2D eigenvalue weighted by Crippen LogP contribution is 2.36. The Morgan fingerprint density at radius 2 is 2.06 bits per heavy atom. The largest absolute Gasteiger partial charge is 0.451 e. The van der Waals surface area contributed by atoms with Gasteiger partial charge in [0.2, 0.25) is 0 Å². The maximum atomic E-state index is 11.7. The van der Waals surface area contributed by atoms with E-state index in [1.807, 2.05) is 6.92 Å². The van der Waals surface area contributed by atoms with Crippen molar-refractivity contribution in [2.45, 2.75) is 71.8 Å². The van der Waals surface area contributed by atoms with Gasteiger partial charge in [0.15, 0.2) is 0 Å². The molecule has 0 amide bonds. The lowest BCUT2D eigenvalue weighted by Crippen LogP contribution is -2.29. The van der Waals surface area contributed by atoms with Gasteiger partial charge in [0.1, 0.15) is 5.60 Å². The van der Waals surface area contributed by atoms with Gasteiger partial charge in [-0.15, -0.1) is 0 Å². The molecule has 0 unspecified atom stereocenters. The van der Waals surface area contributed by atoms with E-state index >= 15 is 0 Å². The molecule has 0 N–H and O–H groups in total. The predicted molar refractivity (Wildman–Crippen MR) is 70.8 cm³/mol. The molecule has 0 aromatic heterocycles. The van der Waals surface area contributed by atoms with Gasteiger partial charge in [0.05, 0.1) is 0 Å². The quantitative estimate of drug-likeness (QED) is 0.620. The molecule has 0 aromatic carbocycles. The van der Waals surface area contributed by atoms with E-state index in [1.165, 1.54) is 19.3 Å². The molecule has 1 aliphatic heterocycles. The molecule has 1 aliphatic rings. The Bertz CT molecular complexity index is 293. The van der Waals surface area contributed by atoms with Crippen molar-refractivity contribution in [1.29, 1.82) is 0 Å². The van der Waals surface area contributed by atoms with E-state index in [0.29, 0.717) is 5.92 Å². The molecule has 0 aliphatic carbocycles. The molecular formula is C15H26O2. The normalized spacial score (nSPS) is 25.6. The Labute approximate surface area is 105 Å². The fourth-order valence-electron chi connectivity index (χ4n) is 2.57. The van der Waals surface area contributed by atoms with Crippen molar-refractivity contribution >= 4 is 5.97 Å². The Morgan fingerprint density at radius 3 is 2.53 bits per heavy atom. The van der Waals surface area contributed by atoms with Gasteiger partial charge in [0.25, 0.3) is 0 Å². The summed E-state index contributed by atoms with van der Waals surface area (Å²) in [5.74, 6) is 0.521. The predicted octanol–water partition coefficient (Wildman–Crippen LogP) is 4.24. The summed E-state index contributed by atoms with van der Waals surface area (Å²) in [6.45, 7) is 8.60. The topological polar surface area (TPSA) is 26.3 Å². The van der Waals surface area contributed by atoms with E-state index in [1.54, 1.807) is 0 Å². The molecule has 0 radical (unpaired) electrons. The lowest BCUT2D eigenvalue weighted by molar-refractivity contribution is -0.148. The first-order valence-electron chi connectivity index (χ1n) is 7.02. The Balaban J connectivity index is 2.65. The van der Waals surface area contributed by atoms with Gasteiger partial charge in [0, 0.05) is 5.57 Å². The zero-order valence-electron chi connectivity index (χ0n) is 11.7. The molecule has 17 heavy (non-hydrogen) atoms. The first kappa shape index (κ1) is 14.3. The van der Waals surface area contributed by atoms with E-state index in [2.05, 4.69) is 26.8 Å². The van der Waals surface area contributed by atoms with Crippen LogP contribution in [-0.4, -0.2) is 11.6 Å². The monoisotopic (exact) mass is 238 g/mol. The van der Waals surface area contributed by atoms with Gasteiger partial charge in [-0.2, -0.15) is 0 Å². The van der Waals surface area contributed by atoms with Crippen LogP contribution in [0.15, 0.2) is 11.6 Å². The van der Waals surface area contributed by atoms with Crippen LogP contribution in [0.4, 0.5) is 0 Å². The third-order valence-corrected chi connectivity index (χ3v) is 3.72. The minimum atomic E-state index is -0.310. The molecule has 0 saturated heterocycles. The van der Waals surface area contributed by atoms with Crippen LogP contribution in [-0.2, 0) is 9.53 Å². The van der Waals surface area contributed by atoms with Crippen molar-refractivity contribution in [1.82, 2.24) is 0 Å². The molecular weight excluding hydrogens is 212 g/mol. The molecule has 2 atom stereocenters. The third kappa shape index (κ3) is 3.58. The average molecular weight is 238 g/mol. The van der Waals surface area contributed by atoms with Crippen molar-refractivity contribution in [3.63, 3.8) is 0 Å². The summed E-state index contributed by atoms with van der Waals surface area (Å²) in [5, 5.41) is 0. The SMILES string of the molecule is CCCC[C@H](C)C[C@]1(CC)C=C(CC)C(=O)O1. The lowest BCUT2D eigenvalue weighted by atomic mass is 9.86. The summed E-state index contributed by atoms with van der Waals surface area (Å²) in [7, 11) is 0. The van der Waals surface area contributed by atoms with Gasteiger partial charge in [-0.25, -0.2) is 4.79 Å². The molecule has 2 heteroatoms. The number of carbonyl (C=O) groups excluding carboxylic acids is 1. The number of unbranched alkanes of at least 4 members (excludes halogenated alkanes) is 1. The standard InChI is InChI=1S/C15H26O2/c1-5-8-9-12(4)10-15(7-3)11-13(6-2)14(16)17-15/h11-12H,5-10H2,1-4H3/t12-,15+/m0/s1. The molecule has 2 nitrogen and oxygen atoms in total. The number of hydrogen-bond acceptors (Lipinski definition) is 2. The summed E-state index contributed by atoms with van der Waals surface area (Å²) in [6, 6.07) is 0. The second-order valence-corrected chi connectivity index (χ2v) is 5.28. The molecule has 0 spiro atoms. The van der Waals surface area contributed by atoms with Crippen LogP contribution < -0.4 is 0 Å². The van der Waals surface area contributed by atoms with Gasteiger partial charge in [-0.05, 0) is 31.3 Å². The first-order valence-corrected chi connectivity index (χ1v) is 7.02. The van der Waals surface area contributed by atoms with Crippen LogP contribution in [0.1, 0.15) is 66.2 Å². The highest BCUT2D eigenvalue weighted by atomic mass is 16.6. The summed E-state index contributed by atoms with van der Waals surface area (Å²) in [6.07, 6.45) is 8.45. The van der Waals surface area contributed by atoms with E-state index < -0.39 is 0 Å². The molecule has 0 saturated carbocycles. The smallest absolute Gasteiger partial charge is 0.334 e. The number of ether oxygens (including phenoxy) is 1. The van der Waals surface area contributed by atoms with Crippen LogP contribution in [0, 0.1) is 5.92 Å². The van der Waals surface area contributed by atoms with Crippen molar-refractivity contribution in [2.75, 3.05) is 0 Å². The maximum Gasteiger partial charge on any atom is 0.334 e. The van der Waals surface area contributed by atoms with Gasteiger partial charge in [-0.1, -0.05) is 47.0 Å². The maximum absolute atomic E-state index is 11.7. The summed E-state index contributed by atoms with van der Waals surface area (Å²) in [5.41, 5.74) is 0.546. The van der Waals surface area contributed by atoms with Gasteiger partial charge in [-0.3, -0.25) is 0 Å². The van der Waals surface area contributed by atoms with Crippen LogP contribution in [0.25, 0.3) is 0 Å². The van der Waals surface area contributed by atoms with Gasteiger partial charge < -0.3 is 4.74 Å². The third-order valence-electron chi connectivity index (χ3n) is 3.72. The van der Waals surface area contributed by atoms with Crippen LogP contribution in [0.2, 0.25) is 0 Å². The number of cyclic esters (lactones) is 1. The number of hydrogen-bond donors (Lipinski definition) is 0. The van der Waals surface area contributed by atoms with Crippen LogP contribution >= 0.6 is 0 Å². The van der Waals surface area contributed by atoms with Crippen LogP contribution in [0.5, 0.6) is 0 Å². The van der Waals surface area contributed by atoms with Crippen molar-refractivity contribution in [3.8, 4) is 0 Å². The highest BCUT2D eigenvalue weighted by Gasteiger charge is 2.38. The van der Waals surface area contributed by atoms with E-state index in [0.717, 1.165) is 24.8 Å². The average Bonchev–Trinajstić information content (AvgIpc) is 2.63. The minimum Gasteiger partial charge on any atom is -0.451 e. The van der Waals surface area contributed by atoms with Crippen LogP contribution in [0.3, 0.4) is 0 Å². The zero-order valence-corrected chi connectivity index (χ0v) is 11.7. The van der Waals surface area contributed by atoms with E-state index in [-0.39, 0.29) is 11.6 Å². The molecule has 1 rings (SSSR count). The summed E-state index contributed by atoms with van der Waals surface area (Å²) in [4.78, 5) is 11.7. The van der Waals surface area contributed by atoms with Crippen molar-refractivity contribution < 1.29 is 9.53 Å². The molecule has 0 aromatic rings. The fraction of sp³-hybridized carbons (Fsp3) is 0.800. The number of rotatable bonds is 7. The first-order chi connectivity index (χ1) is 8.06. The Kier molecular flexibility index (Phi) is 5.23. The van der Waals surface area contributed by atoms with Gasteiger partial charge >= 0.3 is 5.97 Å². The molecule has 0 bridgehead atoms. The van der Waals surface area contributed by atoms with Crippen molar-refractivity contribution in [2.24, 2.45) is 5.92 Å². The fourth-order valence-corrected chi connectivity index (χ4v) is 2.57. The van der Waals surface area contributed by atoms with Crippen molar-refractivity contribution in [3.05, 3.63) is 11.6 Å². The molecule has 0 fully saturated rings. The van der Waals surface area contributed by atoms with E-state index in [9.17, 15) is 4.79 Å². The highest BCUT2D eigenvalue weighted by molar-refractivity contribution is 5.91. The summed E-state index contributed by atoms with van der Waals surface area (Å²) >= 11 is 0. The molecule has 1 heterocycles. The Morgan fingerprint density at radius 1 is 1.35 bits per heavy atom.